The Kier molecular flexibility index (Phi) is 3.54. The number of ether oxygens (including phenoxy) is 1. The van der Waals surface area contributed by atoms with Crippen LogP contribution in [0.15, 0.2) is 4.52 Å². The highest BCUT2D eigenvalue weighted by Gasteiger charge is 2.52. The van der Waals surface area contributed by atoms with Crippen LogP contribution in [0.25, 0.3) is 0 Å². The molecule has 0 radical (unpaired) electrons. The Labute approximate surface area is 106 Å². The maximum atomic E-state index is 12.0. The molecule has 0 aliphatic heterocycles. The topological polar surface area (TPSA) is 68.5 Å². The van der Waals surface area contributed by atoms with Crippen LogP contribution in [-0.4, -0.2) is 36.3 Å². The van der Waals surface area contributed by atoms with Gasteiger partial charge in [-0.05, 0) is 31.8 Å². The van der Waals surface area contributed by atoms with Gasteiger partial charge in [-0.1, -0.05) is 6.42 Å². The van der Waals surface area contributed by atoms with Gasteiger partial charge in [0.2, 0.25) is 5.89 Å². The van der Waals surface area contributed by atoms with E-state index in [1.807, 2.05) is 18.9 Å². The van der Waals surface area contributed by atoms with Crippen LogP contribution in [0, 0.1) is 0 Å². The fourth-order valence-electron chi connectivity index (χ4n) is 2.01. The Hall–Kier alpha value is -1.59. The van der Waals surface area contributed by atoms with Crippen molar-refractivity contribution in [2.75, 3.05) is 25.1 Å². The second-order valence-electron chi connectivity index (χ2n) is 4.57. The van der Waals surface area contributed by atoms with Crippen molar-refractivity contribution in [3.05, 3.63) is 5.89 Å². The molecule has 1 heterocycles. The van der Waals surface area contributed by atoms with Gasteiger partial charge in [-0.25, -0.2) is 0 Å². The highest BCUT2D eigenvalue weighted by atomic mass is 16.5. The number of esters is 1. The molecule has 1 saturated carbocycles. The van der Waals surface area contributed by atoms with Gasteiger partial charge >= 0.3 is 5.97 Å². The summed E-state index contributed by atoms with van der Waals surface area (Å²) in [7, 11) is 1.88. The van der Waals surface area contributed by atoms with Gasteiger partial charge in [-0.2, -0.15) is 4.98 Å². The van der Waals surface area contributed by atoms with Crippen LogP contribution < -0.4 is 4.90 Å². The zero-order chi connectivity index (χ0) is 13.2. The maximum absolute atomic E-state index is 12.0. The highest BCUT2D eigenvalue weighted by molar-refractivity contribution is 5.83. The summed E-state index contributed by atoms with van der Waals surface area (Å²) < 4.78 is 10.4. The Morgan fingerprint density at radius 3 is 2.72 bits per heavy atom. The predicted octanol–water partition coefficient (Wildman–Crippen LogP) is 1.51. The fourth-order valence-corrected chi connectivity index (χ4v) is 2.01. The summed E-state index contributed by atoms with van der Waals surface area (Å²) in [5, 5.41) is 3.91. The molecule has 2 rings (SSSR count). The van der Waals surface area contributed by atoms with Crippen LogP contribution in [0.1, 0.15) is 39.0 Å². The SMILES string of the molecule is CCOC(=O)C1(c2nc(N(C)CC)no2)CCC1. The monoisotopic (exact) mass is 253 g/mol. The highest BCUT2D eigenvalue weighted by Crippen LogP contribution is 2.44. The number of carbonyl (C=O) groups excluding carboxylic acids is 1. The lowest BCUT2D eigenvalue weighted by Gasteiger charge is -2.35. The Bertz CT molecular complexity index is 426. The first-order valence-corrected chi connectivity index (χ1v) is 6.36. The molecule has 1 aliphatic carbocycles. The zero-order valence-corrected chi connectivity index (χ0v) is 11.1. The Balaban J connectivity index is 2.22. The van der Waals surface area contributed by atoms with Crippen molar-refractivity contribution in [3.63, 3.8) is 0 Å². The van der Waals surface area contributed by atoms with Crippen molar-refractivity contribution >= 4 is 11.9 Å². The molecule has 1 fully saturated rings. The van der Waals surface area contributed by atoms with E-state index in [1.54, 1.807) is 6.92 Å². The number of anilines is 1. The molecule has 6 nitrogen and oxygen atoms in total. The summed E-state index contributed by atoms with van der Waals surface area (Å²) in [4.78, 5) is 18.2. The molecule has 0 spiro atoms. The largest absolute Gasteiger partial charge is 0.465 e. The van der Waals surface area contributed by atoms with Gasteiger partial charge in [0.15, 0.2) is 0 Å². The third kappa shape index (κ3) is 1.95. The molecule has 1 aliphatic rings. The van der Waals surface area contributed by atoms with E-state index in [1.165, 1.54) is 0 Å². The molecule has 0 aromatic carbocycles. The molecule has 1 aromatic rings. The van der Waals surface area contributed by atoms with Crippen molar-refractivity contribution in [1.82, 2.24) is 10.1 Å². The minimum Gasteiger partial charge on any atom is -0.465 e. The van der Waals surface area contributed by atoms with E-state index < -0.39 is 5.41 Å². The molecular formula is C12H19N3O3. The molecule has 100 valence electrons. The molecule has 1 aromatic heterocycles. The third-order valence-corrected chi connectivity index (χ3v) is 3.51. The second kappa shape index (κ2) is 4.96. The minimum absolute atomic E-state index is 0.245. The van der Waals surface area contributed by atoms with Crippen molar-refractivity contribution < 1.29 is 14.1 Å². The molecule has 0 bridgehead atoms. The van der Waals surface area contributed by atoms with Gasteiger partial charge < -0.3 is 14.2 Å². The normalized spacial score (nSPS) is 17.1. The third-order valence-electron chi connectivity index (χ3n) is 3.51. The first-order valence-electron chi connectivity index (χ1n) is 6.36. The van der Waals surface area contributed by atoms with Gasteiger partial charge in [-0.15, -0.1) is 0 Å². The van der Waals surface area contributed by atoms with Crippen molar-refractivity contribution in [3.8, 4) is 0 Å². The van der Waals surface area contributed by atoms with Crippen LogP contribution in [-0.2, 0) is 14.9 Å². The smallest absolute Gasteiger partial charge is 0.321 e. The summed E-state index contributed by atoms with van der Waals surface area (Å²) in [5.74, 6) is 0.663. The number of aromatic nitrogens is 2. The number of hydrogen-bond acceptors (Lipinski definition) is 6. The maximum Gasteiger partial charge on any atom is 0.321 e. The van der Waals surface area contributed by atoms with Gasteiger partial charge in [0, 0.05) is 13.6 Å². The average molecular weight is 253 g/mol. The Morgan fingerprint density at radius 1 is 1.50 bits per heavy atom. The van der Waals surface area contributed by atoms with Gasteiger partial charge in [0.25, 0.3) is 5.95 Å². The van der Waals surface area contributed by atoms with Gasteiger partial charge in [0.05, 0.1) is 6.61 Å². The molecule has 18 heavy (non-hydrogen) atoms. The van der Waals surface area contributed by atoms with E-state index in [4.69, 9.17) is 9.26 Å². The lowest BCUT2D eigenvalue weighted by Crippen LogP contribution is -2.44. The number of carbonyl (C=O) groups is 1. The van der Waals surface area contributed by atoms with E-state index in [0.29, 0.717) is 18.4 Å². The summed E-state index contributed by atoms with van der Waals surface area (Å²) in [5.41, 5.74) is -0.699. The van der Waals surface area contributed by atoms with Crippen LogP contribution in [0.3, 0.4) is 0 Å². The van der Waals surface area contributed by atoms with Crippen molar-refractivity contribution in [1.29, 1.82) is 0 Å². The van der Waals surface area contributed by atoms with E-state index >= 15 is 0 Å². The van der Waals surface area contributed by atoms with Crippen LogP contribution in [0.4, 0.5) is 5.95 Å². The summed E-state index contributed by atoms with van der Waals surface area (Å²) in [6, 6.07) is 0. The number of nitrogens with zero attached hydrogens (tertiary/aromatic N) is 3. The summed E-state index contributed by atoms with van der Waals surface area (Å²) in [6.45, 7) is 4.96. The number of rotatable bonds is 5. The van der Waals surface area contributed by atoms with Gasteiger partial charge in [-0.3, -0.25) is 4.79 Å². The summed E-state index contributed by atoms with van der Waals surface area (Å²) >= 11 is 0. The molecule has 0 saturated heterocycles. The molecular weight excluding hydrogens is 234 g/mol. The van der Waals surface area contributed by atoms with Crippen molar-refractivity contribution in [2.45, 2.75) is 38.5 Å². The molecule has 6 heteroatoms. The fraction of sp³-hybridized carbons (Fsp3) is 0.750. The lowest BCUT2D eigenvalue weighted by atomic mass is 9.68. The molecule has 0 N–H and O–H groups in total. The van der Waals surface area contributed by atoms with E-state index in [-0.39, 0.29) is 5.97 Å². The van der Waals surface area contributed by atoms with Gasteiger partial charge in [0.1, 0.15) is 5.41 Å². The first kappa shape index (κ1) is 12.9. The van der Waals surface area contributed by atoms with E-state index in [9.17, 15) is 4.79 Å². The zero-order valence-electron chi connectivity index (χ0n) is 11.1. The standard InChI is InChI=1S/C12H19N3O3/c1-4-15(3)11-13-9(18-14-11)12(7-6-8-12)10(16)17-5-2/h4-8H2,1-3H3. The van der Waals surface area contributed by atoms with Crippen LogP contribution in [0.5, 0.6) is 0 Å². The average Bonchev–Trinajstić information content (AvgIpc) is 2.76. The molecule has 0 atom stereocenters. The number of hydrogen-bond donors (Lipinski definition) is 0. The predicted molar refractivity (Wildman–Crippen MR) is 65.4 cm³/mol. The molecule has 0 unspecified atom stereocenters. The van der Waals surface area contributed by atoms with Crippen LogP contribution >= 0.6 is 0 Å². The van der Waals surface area contributed by atoms with Crippen LogP contribution in [0.2, 0.25) is 0 Å². The van der Waals surface area contributed by atoms with E-state index in [0.717, 1.165) is 25.8 Å². The van der Waals surface area contributed by atoms with E-state index in [2.05, 4.69) is 10.1 Å². The quantitative estimate of drug-likeness (QED) is 0.741. The molecule has 0 amide bonds. The first-order chi connectivity index (χ1) is 8.64. The summed E-state index contributed by atoms with van der Waals surface area (Å²) in [6.07, 6.45) is 2.44. The Morgan fingerprint density at radius 2 is 2.22 bits per heavy atom. The van der Waals surface area contributed by atoms with Crippen molar-refractivity contribution in [2.24, 2.45) is 0 Å². The minimum atomic E-state index is -0.699. The lowest BCUT2D eigenvalue weighted by molar-refractivity contribution is -0.155. The second-order valence-corrected chi connectivity index (χ2v) is 4.57.